The van der Waals surface area contributed by atoms with E-state index in [2.05, 4.69) is 4.90 Å². The molecule has 0 aliphatic carbocycles. The molecule has 7 nitrogen and oxygen atoms in total. The number of morpholine rings is 1. The number of hydrogen-bond donors (Lipinski definition) is 0. The van der Waals surface area contributed by atoms with Crippen LogP contribution in [0.3, 0.4) is 0 Å². The zero-order valence-electron chi connectivity index (χ0n) is 13.5. The van der Waals surface area contributed by atoms with Gasteiger partial charge in [0.05, 0.1) is 24.1 Å². The van der Waals surface area contributed by atoms with E-state index in [9.17, 15) is 13.2 Å². The standard InChI is InChI=1S/C14H19Cl2N3O4S2/c15-12-9-11(14(16)24-12)25(21,22)19-3-1-18(2-4-19)13(20)10-17-5-7-23-8-6-17/h9H,1-8,10H2. The molecule has 0 bridgehead atoms. The van der Waals surface area contributed by atoms with E-state index in [1.165, 1.54) is 10.4 Å². The molecule has 3 heterocycles. The van der Waals surface area contributed by atoms with Crippen LogP contribution in [0.4, 0.5) is 0 Å². The van der Waals surface area contributed by atoms with Gasteiger partial charge in [0.25, 0.3) is 0 Å². The summed E-state index contributed by atoms with van der Waals surface area (Å²) in [7, 11) is -3.69. The van der Waals surface area contributed by atoms with E-state index in [0.29, 0.717) is 37.2 Å². The van der Waals surface area contributed by atoms with Crippen LogP contribution in [-0.4, -0.2) is 87.5 Å². The predicted octanol–water partition coefficient (Wildman–Crippen LogP) is 1.22. The van der Waals surface area contributed by atoms with Gasteiger partial charge in [-0.15, -0.1) is 11.3 Å². The van der Waals surface area contributed by atoms with E-state index >= 15 is 0 Å². The average molecular weight is 428 g/mol. The van der Waals surface area contributed by atoms with Crippen molar-refractivity contribution in [3.63, 3.8) is 0 Å². The molecule has 0 radical (unpaired) electrons. The number of amides is 1. The monoisotopic (exact) mass is 427 g/mol. The van der Waals surface area contributed by atoms with Crippen molar-refractivity contribution < 1.29 is 17.9 Å². The summed E-state index contributed by atoms with van der Waals surface area (Å²) in [6, 6.07) is 1.37. The van der Waals surface area contributed by atoms with Crippen molar-refractivity contribution in [1.29, 1.82) is 0 Å². The lowest BCUT2D eigenvalue weighted by Crippen LogP contribution is -2.53. The smallest absolute Gasteiger partial charge is 0.245 e. The predicted molar refractivity (Wildman–Crippen MR) is 96.9 cm³/mol. The first-order chi connectivity index (χ1) is 11.9. The number of piperazine rings is 1. The molecule has 0 atom stereocenters. The number of carbonyl (C=O) groups excluding carboxylic acids is 1. The number of rotatable bonds is 4. The SMILES string of the molecule is O=C(CN1CCOCC1)N1CCN(S(=O)(=O)c2cc(Cl)sc2Cl)CC1. The van der Waals surface area contributed by atoms with Crippen LogP contribution in [0.1, 0.15) is 0 Å². The molecule has 2 fully saturated rings. The Kier molecular flexibility index (Phi) is 6.25. The Morgan fingerprint density at radius 2 is 1.76 bits per heavy atom. The third kappa shape index (κ3) is 4.47. The van der Waals surface area contributed by atoms with Crippen LogP contribution in [0.15, 0.2) is 11.0 Å². The number of halogens is 2. The third-order valence-corrected chi connectivity index (χ3v) is 7.95. The van der Waals surface area contributed by atoms with Gasteiger partial charge in [0, 0.05) is 39.3 Å². The summed E-state index contributed by atoms with van der Waals surface area (Å²) < 4.78 is 32.5. The molecule has 2 aliphatic rings. The van der Waals surface area contributed by atoms with Gasteiger partial charge in [0.2, 0.25) is 15.9 Å². The Labute approximate surface area is 161 Å². The van der Waals surface area contributed by atoms with Gasteiger partial charge in [-0.1, -0.05) is 23.2 Å². The van der Waals surface area contributed by atoms with E-state index < -0.39 is 10.0 Å². The molecule has 0 spiro atoms. The van der Waals surface area contributed by atoms with Crippen LogP contribution in [0.25, 0.3) is 0 Å². The first-order valence-electron chi connectivity index (χ1n) is 7.91. The van der Waals surface area contributed by atoms with E-state index in [1.54, 1.807) is 4.90 Å². The zero-order valence-corrected chi connectivity index (χ0v) is 16.6. The number of ether oxygens (including phenoxy) is 1. The molecule has 0 aromatic carbocycles. The number of carbonyl (C=O) groups is 1. The number of nitrogens with zero attached hydrogens (tertiary/aromatic N) is 3. The largest absolute Gasteiger partial charge is 0.379 e. The molecule has 2 saturated heterocycles. The fourth-order valence-corrected chi connectivity index (χ4v) is 6.40. The Hall–Kier alpha value is -0.420. The van der Waals surface area contributed by atoms with Crippen LogP contribution in [0.5, 0.6) is 0 Å². The Morgan fingerprint density at radius 3 is 2.32 bits per heavy atom. The Balaban J connectivity index is 1.57. The molecule has 0 saturated carbocycles. The summed E-state index contributed by atoms with van der Waals surface area (Å²) in [5.74, 6) is 0.0237. The quantitative estimate of drug-likeness (QED) is 0.722. The van der Waals surface area contributed by atoms with Crippen LogP contribution < -0.4 is 0 Å². The maximum absolute atomic E-state index is 12.7. The van der Waals surface area contributed by atoms with Gasteiger partial charge in [0.1, 0.15) is 9.23 Å². The molecule has 140 valence electrons. The molecule has 0 N–H and O–H groups in total. The molecule has 25 heavy (non-hydrogen) atoms. The van der Waals surface area contributed by atoms with Gasteiger partial charge in [-0.25, -0.2) is 8.42 Å². The van der Waals surface area contributed by atoms with Gasteiger partial charge in [-0.05, 0) is 6.07 Å². The second-order valence-electron chi connectivity index (χ2n) is 5.86. The van der Waals surface area contributed by atoms with Gasteiger partial charge in [0.15, 0.2) is 0 Å². The van der Waals surface area contributed by atoms with E-state index in [-0.39, 0.29) is 28.2 Å². The van der Waals surface area contributed by atoms with Crippen molar-refractivity contribution in [1.82, 2.24) is 14.1 Å². The van der Waals surface area contributed by atoms with Crippen LogP contribution in [-0.2, 0) is 19.6 Å². The minimum absolute atomic E-state index is 0.0237. The normalized spacial score (nSPS) is 20.8. The molecule has 1 aromatic heterocycles. The van der Waals surface area contributed by atoms with Crippen molar-refractivity contribution >= 4 is 50.5 Å². The van der Waals surface area contributed by atoms with Gasteiger partial charge in [-0.2, -0.15) is 4.31 Å². The third-order valence-electron chi connectivity index (χ3n) is 4.30. The molecular weight excluding hydrogens is 409 g/mol. The average Bonchev–Trinajstić information content (AvgIpc) is 2.95. The summed E-state index contributed by atoms with van der Waals surface area (Å²) in [6.45, 7) is 4.38. The molecule has 0 unspecified atom stereocenters. The lowest BCUT2D eigenvalue weighted by molar-refractivity contribution is -0.134. The maximum Gasteiger partial charge on any atom is 0.245 e. The lowest BCUT2D eigenvalue weighted by atomic mass is 10.3. The number of sulfonamides is 1. The highest BCUT2D eigenvalue weighted by molar-refractivity contribution is 7.89. The van der Waals surface area contributed by atoms with Crippen molar-refractivity contribution in [2.24, 2.45) is 0 Å². The highest BCUT2D eigenvalue weighted by Gasteiger charge is 2.32. The second kappa shape index (κ2) is 8.08. The minimum Gasteiger partial charge on any atom is -0.379 e. The molecule has 11 heteroatoms. The minimum atomic E-state index is -3.69. The summed E-state index contributed by atoms with van der Waals surface area (Å²) in [5.41, 5.74) is 0. The van der Waals surface area contributed by atoms with E-state index in [0.717, 1.165) is 24.4 Å². The van der Waals surface area contributed by atoms with E-state index in [4.69, 9.17) is 27.9 Å². The topological polar surface area (TPSA) is 70.2 Å². The molecule has 1 aromatic rings. The first-order valence-corrected chi connectivity index (χ1v) is 10.9. The summed E-state index contributed by atoms with van der Waals surface area (Å²) in [4.78, 5) is 16.2. The van der Waals surface area contributed by atoms with Crippen molar-refractivity contribution in [2.45, 2.75) is 4.90 Å². The Morgan fingerprint density at radius 1 is 1.12 bits per heavy atom. The summed E-state index contributed by atoms with van der Waals surface area (Å²) >= 11 is 12.9. The molecular formula is C14H19Cl2N3O4S2. The highest BCUT2D eigenvalue weighted by atomic mass is 35.5. The lowest BCUT2D eigenvalue weighted by Gasteiger charge is -2.35. The van der Waals surface area contributed by atoms with E-state index in [1.807, 2.05) is 0 Å². The summed E-state index contributed by atoms with van der Waals surface area (Å²) in [5, 5.41) is 0. The van der Waals surface area contributed by atoms with Crippen molar-refractivity contribution in [2.75, 3.05) is 59.0 Å². The number of thiophene rings is 1. The van der Waals surface area contributed by atoms with Crippen LogP contribution in [0.2, 0.25) is 8.67 Å². The van der Waals surface area contributed by atoms with Crippen LogP contribution >= 0.6 is 34.5 Å². The van der Waals surface area contributed by atoms with Crippen molar-refractivity contribution in [3.05, 3.63) is 14.7 Å². The Bertz CT molecular complexity index is 726. The molecule has 3 rings (SSSR count). The van der Waals surface area contributed by atoms with Gasteiger partial charge in [-0.3, -0.25) is 9.69 Å². The number of hydrogen-bond acceptors (Lipinski definition) is 6. The highest BCUT2D eigenvalue weighted by Crippen LogP contribution is 2.36. The summed E-state index contributed by atoms with van der Waals surface area (Å²) in [6.07, 6.45) is 0. The molecule has 2 aliphatic heterocycles. The van der Waals surface area contributed by atoms with Gasteiger partial charge < -0.3 is 9.64 Å². The second-order valence-corrected chi connectivity index (χ2v) is 10.1. The zero-order chi connectivity index (χ0) is 18.0. The fraction of sp³-hybridized carbons (Fsp3) is 0.643. The fourth-order valence-electron chi connectivity index (χ4n) is 2.87. The maximum atomic E-state index is 12.7. The molecule has 1 amide bonds. The van der Waals surface area contributed by atoms with Crippen molar-refractivity contribution in [3.8, 4) is 0 Å². The first kappa shape index (κ1) is 19.3. The van der Waals surface area contributed by atoms with Gasteiger partial charge >= 0.3 is 0 Å². The van der Waals surface area contributed by atoms with Crippen LogP contribution in [0, 0.1) is 0 Å².